The van der Waals surface area contributed by atoms with Gasteiger partial charge in [-0.05, 0) is 35.5 Å². The highest BCUT2D eigenvalue weighted by molar-refractivity contribution is 7.80. The maximum Gasteiger partial charge on any atom is 0.180 e. The van der Waals surface area contributed by atoms with Crippen molar-refractivity contribution < 1.29 is 0 Å². The Morgan fingerprint density at radius 1 is 0.720 bits per heavy atom. The Kier molecular flexibility index (Phi) is 3.82. The number of para-hydroxylation sites is 1. The third kappa shape index (κ3) is 2.42. The molecule has 0 saturated carbocycles. The fourth-order valence-corrected chi connectivity index (χ4v) is 3.68. The zero-order valence-electron chi connectivity index (χ0n) is 13.5. The largest absolute Gasteiger partial charge is 0.342 e. The van der Waals surface area contributed by atoms with Gasteiger partial charge in [0.05, 0.1) is 0 Å². The molecule has 25 heavy (non-hydrogen) atoms. The molecule has 3 nitrogen and oxygen atoms in total. The van der Waals surface area contributed by atoms with Crippen LogP contribution in [-0.2, 0) is 5.54 Å². The number of anilines is 1. The highest BCUT2D eigenvalue weighted by Crippen LogP contribution is 2.38. The second-order valence-electron chi connectivity index (χ2n) is 5.93. The van der Waals surface area contributed by atoms with Crippen molar-refractivity contribution in [3.63, 3.8) is 0 Å². The van der Waals surface area contributed by atoms with Crippen LogP contribution in [0.5, 0.6) is 0 Å². The van der Waals surface area contributed by atoms with E-state index in [1.165, 1.54) is 0 Å². The van der Waals surface area contributed by atoms with Crippen molar-refractivity contribution in [2.24, 2.45) is 0 Å². The fraction of sp³-hybridized carbons (Fsp3) is 0.0476. The van der Waals surface area contributed by atoms with Crippen LogP contribution < -0.4 is 10.2 Å². The van der Waals surface area contributed by atoms with Crippen LogP contribution >= 0.6 is 12.2 Å². The fourth-order valence-electron chi connectivity index (χ4n) is 3.33. The Labute approximate surface area is 152 Å². The average molecular weight is 343 g/mol. The van der Waals surface area contributed by atoms with Crippen molar-refractivity contribution in [3.05, 3.63) is 102 Å². The molecular weight excluding hydrogens is 326 g/mol. The van der Waals surface area contributed by atoms with Crippen LogP contribution in [0.4, 0.5) is 5.69 Å². The van der Waals surface area contributed by atoms with E-state index >= 15 is 0 Å². The first-order valence-corrected chi connectivity index (χ1v) is 8.52. The highest BCUT2D eigenvalue weighted by atomic mass is 32.1. The molecular formula is C21H17N3S. The zero-order chi connectivity index (χ0) is 17.3. The SMILES string of the molecule is N=C1N(c2ccccc2)C(=S)NC1(c1ccccc1)c1ccccc1. The van der Waals surface area contributed by atoms with E-state index in [0.29, 0.717) is 10.9 Å². The molecule has 0 aromatic heterocycles. The number of hydrogen-bond acceptors (Lipinski definition) is 2. The van der Waals surface area contributed by atoms with Gasteiger partial charge in [-0.3, -0.25) is 10.3 Å². The summed E-state index contributed by atoms with van der Waals surface area (Å²) >= 11 is 5.62. The van der Waals surface area contributed by atoms with Gasteiger partial charge in [0.1, 0.15) is 11.4 Å². The number of thiocarbonyl (C=S) groups is 1. The lowest BCUT2D eigenvalue weighted by molar-refractivity contribution is 0.661. The number of nitrogens with one attached hydrogen (secondary N) is 2. The van der Waals surface area contributed by atoms with Gasteiger partial charge in [-0.15, -0.1) is 0 Å². The molecule has 0 unspecified atom stereocenters. The maximum absolute atomic E-state index is 9.03. The van der Waals surface area contributed by atoms with Crippen LogP contribution in [0.1, 0.15) is 11.1 Å². The summed E-state index contributed by atoms with van der Waals surface area (Å²) in [5.41, 5.74) is 2.08. The molecule has 0 atom stereocenters. The summed E-state index contributed by atoms with van der Waals surface area (Å²) in [5, 5.41) is 13.0. The van der Waals surface area contributed by atoms with Crippen LogP contribution in [0.15, 0.2) is 91.0 Å². The number of benzene rings is 3. The molecule has 1 saturated heterocycles. The minimum absolute atomic E-state index is 0.404. The van der Waals surface area contributed by atoms with Gasteiger partial charge in [0, 0.05) is 5.69 Å². The van der Waals surface area contributed by atoms with E-state index in [1.54, 1.807) is 4.90 Å². The van der Waals surface area contributed by atoms with Gasteiger partial charge in [0.25, 0.3) is 0 Å². The lowest BCUT2D eigenvalue weighted by Gasteiger charge is -2.30. The minimum Gasteiger partial charge on any atom is -0.342 e. The first-order chi connectivity index (χ1) is 12.2. The van der Waals surface area contributed by atoms with Crippen LogP contribution in [0.2, 0.25) is 0 Å². The normalized spacial score (nSPS) is 15.9. The number of hydrogen-bond donors (Lipinski definition) is 2. The van der Waals surface area contributed by atoms with Crippen LogP contribution in [-0.4, -0.2) is 10.9 Å². The second-order valence-corrected chi connectivity index (χ2v) is 6.32. The molecule has 0 radical (unpaired) electrons. The quantitative estimate of drug-likeness (QED) is 0.697. The first kappa shape index (κ1) is 15.5. The monoisotopic (exact) mass is 343 g/mol. The van der Waals surface area contributed by atoms with E-state index in [0.717, 1.165) is 16.8 Å². The Balaban J connectivity index is 1.92. The van der Waals surface area contributed by atoms with E-state index in [9.17, 15) is 0 Å². The van der Waals surface area contributed by atoms with Crippen molar-refractivity contribution in [1.29, 1.82) is 5.41 Å². The van der Waals surface area contributed by atoms with Crippen molar-refractivity contribution in [2.45, 2.75) is 5.54 Å². The molecule has 1 fully saturated rings. The van der Waals surface area contributed by atoms with Gasteiger partial charge in [0.2, 0.25) is 0 Å². The molecule has 3 aromatic rings. The zero-order valence-corrected chi connectivity index (χ0v) is 14.3. The van der Waals surface area contributed by atoms with E-state index in [1.807, 2.05) is 91.0 Å². The molecule has 122 valence electrons. The van der Waals surface area contributed by atoms with Crippen molar-refractivity contribution in [2.75, 3.05) is 4.90 Å². The molecule has 1 aliphatic rings. The predicted molar refractivity (Wildman–Crippen MR) is 106 cm³/mol. The minimum atomic E-state index is -0.796. The third-order valence-electron chi connectivity index (χ3n) is 4.50. The standard InChI is InChI=1S/C21H17N3S/c22-19-21(16-10-4-1-5-11-16,17-12-6-2-7-13-17)23-20(25)24(19)18-14-8-3-9-15-18/h1-15,22H,(H,23,25). The number of rotatable bonds is 3. The Hall–Kier alpha value is -2.98. The molecule has 2 N–H and O–H groups in total. The van der Waals surface area contributed by atoms with Crippen molar-refractivity contribution in [3.8, 4) is 0 Å². The lowest BCUT2D eigenvalue weighted by Crippen LogP contribution is -2.44. The average Bonchev–Trinajstić information content (AvgIpc) is 2.95. The number of amidine groups is 1. The second kappa shape index (κ2) is 6.15. The summed E-state index contributed by atoms with van der Waals surface area (Å²) in [7, 11) is 0. The van der Waals surface area contributed by atoms with Crippen molar-refractivity contribution in [1.82, 2.24) is 5.32 Å². The third-order valence-corrected chi connectivity index (χ3v) is 4.79. The lowest BCUT2D eigenvalue weighted by atomic mass is 9.82. The molecule has 1 heterocycles. The summed E-state index contributed by atoms with van der Waals surface area (Å²) < 4.78 is 0. The summed E-state index contributed by atoms with van der Waals surface area (Å²) in [4.78, 5) is 1.80. The van der Waals surface area contributed by atoms with Gasteiger partial charge in [-0.25, -0.2) is 0 Å². The van der Waals surface area contributed by atoms with Gasteiger partial charge >= 0.3 is 0 Å². The van der Waals surface area contributed by atoms with Gasteiger partial charge in [-0.2, -0.15) is 0 Å². The Bertz CT molecular complexity index is 868. The molecule has 4 heteroatoms. The smallest absolute Gasteiger partial charge is 0.180 e. The van der Waals surface area contributed by atoms with E-state index in [-0.39, 0.29) is 0 Å². The van der Waals surface area contributed by atoms with E-state index in [2.05, 4.69) is 5.32 Å². The van der Waals surface area contributed by atoms with Gasteiger partial charge in [0.15, 0.2) is 5.11 Å². The molecule has 4 rings (SSSR count). The molecule has 0 aliphatic carbocycles. The van der Waals surface area contributed by atoms with Gasteiger partial charge < -0.3 is 5.32 Å². The molecule has 3 aromatic carbocycles. The van der Waals surface area contributed by atoms with E-state index in [4.69, 9.17) is 17.6 Å². The van der Waals surface area contributed by atoms with Crippen molar-refractivity contribution >= 4 is 28.9 Å². The van der Waals surface area contributed by atoms with Gasteiger partial charge in [-0.1, -0.05) is 78.9 Å². The summed E-state index contributed by atoms with van der Waals surface area (Å²) in [6, 6.07) is 29.9. The summed E-state index contributed by atoms with van der Waals surface area (Å²) in [6.07, 6.45) is 0. The highest BCUT2D eigenvalue weighted by Gasteiger charge is 2.49. The maximum atomic E-state index is 9.03. The number of nitrogens with zero attached hydrogens (tertiary/aromatic N) is 1. The van der Waals surface area contributed by atoms with Crippen LogP contribution in [0.25, 0.3) is 0 Å². The Morgan fingerprint density at radius 2 is 1.16 bits per heavy atom. The van der Waals surface area contributed by atoms with Crippen LogP contribution in [0.3, 0.4) is 0 Å². The molecule has 0 spiro atoms. The van der Waals surface area contributed by atoms with Crippen LogP contribution in [0, 0.1) is 5.41 Å². The summed E-state index contributed by atoms with van der Waals surface area (Å²) in [6.45, 7) is 0. The topological polar surface area (TPSA) is 39.1 Å². The van der Waals surface area contributed by atoms with E-state index < -0.39 is 5.54 Å². The molecule has 0 bridgehead atoms. The molecule has 1 aliphatic heterocycles. The predicted octanol–water partition coefficient (Wildman–Crippen LogP) is 4.30. The first-order valence-electron chi connectivity index (χ1n) is 8.11. The summed E-state index contributed by atoms with van der Waals surface area (Å²) in [5.74, 6) is 0.404. The molecule has 0 amide bonds. The Morgan fingerprint density at radius 3 is 1.64 bits per heavy atom.